The van der Waals surface area contributed by atoms with Crippen molar-refractivity contribution in [2.45, 2.75) is 24.1 Å². The molecule has 0 bridgehead atoms. The predicted molar refractivity (Wildman–Crippen MR) is 110 cm³/mol. The van der Waals surface area contributed by atoms with Crippen LogP contribution in [-0.4, -0.2) is 31.2 Å². The van der Waals surface area contributed by atoms with Crippen LogP contribution < -0.4 is 10.6 Å². The number of nitriles is 1. The Morgan fingerprint density at radius 1 is 1.22 bits per heavy atom. The van der Waals surface area contributed by atoms with E-state index in [9.17, 15) is 4.39 Å². The zero-order valence-corrected chi connectivity index (χ0v) is 15.8. The maximum Gasteiger partial charge on any atom is 0.141 e. The molecule has 2 aromatic rings. The molecule has 2 aliphatic rings. The summed E-state index contributed by atoms with van der Waals surface area (Å²) >= 11 is 1.71. The third kappa shape index (κ3) is 3.58. The van der Waals surface area contributed by atoms with Gasteiger partial charge in [0.25, 0.3) is 0 Å². The van der Waals surface area contributed by atoms with E-state index in [1.807, 2.05) is 29.8 Å². The molecule has 1 unspecified atom stereocenters. The summed E-state index contributed by atoms with van der Waals surface area (Å²) < 4.78 is 14.3. The summed E-state index contributed by atoms with van der Waals surface area (Å²) in [7, 11) is 0. The second kappa shape index (κ2) is 7.71. The molecular formula is C21H21FN4S. The van der Waals surface area contributed by atoms with Crippen molar-refractivity contribution in [1.82, 2.24) is 0 Å². The number of anilines is 1. The van der Waals surface area contributed by atoms with E-state index in [-0.39, 0.29) is 16.9 Å². The first-order valence-electron chi connectivity index (χ1n) is 9.14. The zero-order valence-electron chi connectivity index (χ0n) is 14.9. The standard InChI is InChI=1S/C21H21FN4S/c22-18-10-14(4-5-15(18)11-23)17-2-1-3-19(21(17)20-12-25-13-27-20)26-8-6-16(24)7-9-26/h1-5,10,13,16,20H,6-9,12,24H2. The fourth-order valence-corrected chi connectivity index (χ4v) is 4.67. The number of thioether (sulfide) groups is 1. The number of aliphatic imine (C=N–C) groups is 1. The Kier molecular flexibility index (Phi) is 5.15. The Morgan fingerprint density at radius 3 is 2.70 bits per heavy atom. The van der Waals surface area contributed by atoms with Gasteiger partial charge in [0.05, 0.1) is 22.9 Å². The van der Waals surface area contributed by atoms with E-state index in [2.05, 4.69) is 16.0 Å². The van der Waals surface area contributed by atoms with Crippen LogP contribution in [0, 0.1) is 17.1 Å². The number of rotatable bonds is 3. The molecule has 0 radical (unpaired) electrons. The molecule has 0 aromatic heterocycles. The van der Waals surface area contributed by atoms with Gasteiger partial charge in [0.2, 0.25) is 0 Å². The van der Waals surface area contributed by atoms with Crippen molar-refractivity contribution < 1.29 is 4.39 Å². The van der Waals surface area contributed by atoms with Crippen LogP contribution in [0.15, 0.2) is 41.4 Å². The minimum atomic E-state index is -0.481. The molecule has 27 heavy (non-hydrogen) atoms. The van der Waals surface area contributed by atoms with Gasteiger partial charge in [0.15, 0.2) is 0 Å². The number of halogens is 1. The Balaban J connectivity index is 1.80. The summed E-state index contributed by atoms with van der Waals surface area (Å²) in [4.78, 5) is 6.79. The maximum atomic E-state index is 14.3. The van der Waals surface area contributed by atoms with Gasteiger partial charge >= 0.3 is 0 Å². The summed E-state index contributed by atoms with van der Waals surface area (Å²) in [5, 5.41) is 9.23. The predicted octanol–water partition coefficient (Wildman–Crippen LogP) is 4.11. The number of hydrogen-bond acceptors (Lipinski definition) is 5. The Hall–Kier alpha value is -2.36. The van der Waals surface area contributed by atoms with Gasteiger partial charge in [0.1, 0.15) is 11.9 Å². The van der Waals surface area contributed by atoms with E-state index in [0.29, 0.717) is 0 Å². The van der Waals surface area contributed by atoms with Gasteiger partial charge in [-0.3, -0.25) is 4.99 Å². The smallest absolute Gasteiger partial charge is 0.141 e. The zero-order chi connectivity index (χ0) is 18.8. The fraction of sp³-hybridized carbons (Fsp3) is 0.333. The van der Waals surface area contributed by atoms with Crippen molar-refractivity contribution in [1.29, 1.82) is 5.26 Å². The van der Waals surface area contributed by atoms with Gasteiger partial charge in [-0.25, -0.2) is 4.39 Å². The van der Waals surface area contributed by atoms with Gasteiger partial charge in [-0.1, -0.05) is 18.2 Å². The van der Waals surface area contributed by atoms with Gasteiger partial charge in [-0.05, 0) is 47.7 Å². The molecule has 2 aromatic carbocycles. The maximum absolute atomic E-state index is 14.3. The van der Waals surface area contributed by atoms with Gasteiger partial charge in [-0.15, -0.1) is 11.8 Å². The summed E-state index contributed by atoms with van der Waals surface area (Å²) in [6.45, 7) is 2.58. The fourth-order valence-electron chi connectivity index (χ4n) is 3.79. The molecule has 0 saturated carbocycles. The monoisotopic (exact) mass is 380 g/mol. The van der Waals surface area contributed by atoms with Crippen LogP contribution in [0.2, 0.25) is 0 Å². The summed E-state index contributed by atoms with van der Waals surface area (Å²) in [5.41, 5.74) is 12.2. The highest BCUT2D eigenvalue weighted by Gasteiger charge is 2.27. The summed E-state index contributed by atoms with van der Waals surface area (Å²) in [6.07, 6.45) is 1.95. The Labute approximate surface area is 162 Å². The van der Waals surface area contributed by atoms with Crippen LogP contribution in [0.25, 0.3) is 11.1 Å². The molecule has 4 nitrogen and oxygen atoms in total. The SMILES string of the molecule is N#Cc1ccc(-c2cccc(N3CCC(N)CC3)c2C2CN=CS2)cc1F. The van der Waals surface area contributed by atoms with Gasteiger partial charge in [-0.2, -0.15) is 5.26 Å². The molecule has 2 heterocycles. The van der Waals surface area contributed by atoms with Crippen LogP contribution >= 0.6 is 11.8 Å². The first kappa shape index (κ1) is 18.0. The third-order valence-corrected chi connectivity index (χ3v) is 6.24. The van der Waals surface area contributed by atoms with E-state index in [0.717, 1.165) is 43.6 Å². The van der Waals surface area contributed by atoms with Crippen molar-refractivity contribution in [2.24, 2.45) is 10.7 Å². The average Bonchev–Trinajstić information content (AvgIpc) is 3.22. The van der Waals surface area contributed by atoms with E-state index < -0.39 is 5.82 Å². The van der Waals surface area contributed by atoms with Crippen LogP contribution in [0.5, 0.6) is 0 Å². The highest BCUT2D eigenvalue weighted by Crippen LogP contribution is 2.44. The van der Waals surface area contributed by atoms with E-state index >= 15 is 0 Å². The Morgan fingerprint density at radius 2 is 2.04 bits per heavy atom. The molecule has 1 saturated heterocycles. The van der Waals surface area contributed by atoms with E-state index in [4.69, 9.17) is 11.0 Å². The highest BCUT2D eigenvalue weighted by atomic mass is 32.2. The molecule has 1 atom stereocenters. The number of hydrogen-bond donors (Lipinski definition) is 1. The lowest BCUT2D eigenvalue weighted by atomic mass is 9.93. The number of benzene rings is 2. The second-order valence-electron chi connectivity index (χ2n) is 6.96. The third-order valence-electron chi connectivity index (χ3n) is 5.26. The first-order valence-corrected chi connectivity index (χ1v) is 10.1. The van der Waals surface area contributed by atoms with E-state index in [1.165, 1.54) is 17.3 Å². The molecule has 0 amide bonds. The summed E-state index contributed by atoms with van der Waals surface area (Å²) in [6, 6.07) is 13.2. The second-order valence-corrected chi connectivity index (χ2v) is 8.02. The molecule has 6 heteroatoms. The molecular weight excluding hydrogens is 359 g/mol. The lowest BCUT2D eigenvalue weighted by molar-refractivity contribution is 0.500. The van der Waals surface area contributed by atoms with Crippen molar-refractivity contribution in [3.8, 4) is 17.2 Å². The molecule has 2 aliphatic heterocycles. The number of piperidine rings is 1. The number of nitrogens with two attached hydrogens (primary N) is 1. The highest BCUT2D eigenvalue weighted by molar-refractivity contribution is 8.12. The minimum Gasteiger partial charge on any atom is -0.371 e. The lowest BCUT2D eigenvalue weighted by Gasteiger charge is -2.35. The molecule has 2 N–H and O–H groups in total. The van der Waals surface area contributed by atoms with Crippen LogP contribution in [0.3, 0.4) is 0 Å². The molecule has 138 valence electrons. The average molecular weight is 380 g/mol. The normalized spacial score (nSPS) is 20.0. The molecule has 0 aliphatic carbocycles. The quantitative estimate of drug-likeness (QED) is 0.870. The minimum absolute atomic E-state index is 0.0695. The van der Waals surface area contributed by atoms with Crippen molar-refractivity contribution in [3.63, 3.8) is 0 Å². The largest absolute Gasteiger partial charge is 0.371 e. The topological polar surface area (TPSA) is 65.4 Å². The molecule has 4 rings (SSSR count). The van der Waals surface area contributed by atoms with Crippen LogP contribution in [-0.2, 0) is 0 Å². The molecule has 1 fully saturated rings. The van der Waals surface area contributed by atoms with Crippen molar-refractivity contribution in [3.05, 3.63) is 53.3 Å². The first-order chi connectivity index (χ1) is 13.2. The molecule has 0 spiro atoms. The van der Waals surface area contributed by atoms with Gasteiger partial charge in [0, 0.05) is 24.8 Å². The number of nitrogens with zero attached hydrogens (tertiary/aromatic N) is 3. The van der Waals surface area contributed by atoms with Crippen molar-refractivity contribution >= 4 is 23.0 Å². The summed E-state index contributed by atoms with van der Waals surface area (Å²) in [5.74, 6) is -0.481. The van der Waals surface area contributed by atoms with Crippen LogP contribution in [0.4, 0.5) is 10.1 Å². The van der Waals surface area contributed by atoms with Crippen LogP contribution in [0.1, 0.15) is 29.2 Å². The van der Waals surface area contributed by atoms with Crippen molar-refractivity contribution in [2.75, 3.05) is 24.5 Å². The van der Waals surface area contributed by atoms with Gasteiger partial charge < -0.3 is 10.6 Å². The lowest BCUT2D eigenvalue weighted by Crippen LogP contribution is -2.40. The van der Waals surface area contributed by atoms with E-state index in [1.54, 1.807) is 17.8 Å². The Bertz CT molecular complexity index is 905.